The summed E-state index contributed by atoms with van der Waals surface area (Å²) < 4.78 is 10.2. The van der Waals surface area contributed by atoms with E-state index in [9.17, 15) is 9.90 Å². The van der Waals surface area contributed by atoms with Crippen molar-refractivity contribution >= 4 is 5.97 Å². The summed E-state index contributed by atoms with van der Waals surface area (Å²) in [5.74, 6) is -0.935. The minimum absolute atomic E-state index is 0.0253. The lowest BCUT2D eigenvalue weighted by atomic mass is 10.4. The van der Waals surface area contributed by atoms with Crippen molar-refractivity contribution in [3.8, 4) is 0 Å². The quantitative estimate of drug-likeness (QED) is 0.427. The Morgan fingerprint density at radius 2 is 1.89 bits per heavy atom. The van der Waals surface area contributed by atoms with Crippen LogP contribution in [0.15, 0.2) is 12.2 Å². The van der Waals surface area contributed by atoms with Gasteiger partial charge in [-0.2, -0.15) is 0 Å². The third-order valence-corrected chi connectivity index (χ3v) is 1.85. The van der Waals surface area contributed by atoms with Crippen molar-refractivity contribution in [3.63, 3.8) is 0 Å². The van der Waals surface area contributed by atoms with Crippen LogP contribution in [0.25, 0.3) is 0 Å². The molecule has 0 aromatic carbocycles. The number of ether oxygens (including phenoxy) is 2. The second-order valence-corrected chi connectivity index (χ2v) is 4.14. The van der Waals surface area contributed by atoms with Gasteiger partial charge in [0, 0.05) is 12.2 Å². The van der Waals surface area contributed by atoms with Gasteiger partial charge in [0.25, 0.3) is 0 Å². The SMILES string of the molecule is C=C(C)C(=O)O.CCCOCC(O)COC(C)CO. The van der Waals surface area contributed by atoms with Gasteiger partial charge in [-0.1, -0.05) is 13.5 Å². The molecule has 114 valence electrons. The Morgan fingerprint density at radius 3 is 2.26 bits per heavy atom. The lowest BCUT2D eigenvalue weighted by Gasteiger charge is -2.14. The average molecular weight is 278 g/mol. The molecule has 0 rings (SSSR count). The summed E-state index contributed by atoms with van der Waals surface area (Å²) in [5.41, 5.74) is 0.176. The molecule has 0 amide bonds. The van der Waals surface area contributed by atoms with Gasteiger partial charge in [-0.3, -0.25) is 0 Å². The average Bonchev–Trinajstić information content (AvgIpc) is 2.36. The highest BCUT2D eigenvalue weighted by Gasteiger charge is 2.06. The Morgan fingerprint density at radius 1 is 1.37 bits per heavy atom. The number of aliphatic carboxylic acids is 1. The number of hydrogen-bond donors (Lipinski definition) is 3. The highest BCUT2D eigenvalue weighted by Crippen LogP contribution is 1.93. The van der Waals surface area contributed by atoms with Gasteiger partial charge in [0.05, 0.1) is 25.9 Å². The fraction of sp³-hybridized carbons (Fsp3) is 0.769. The summed E-state index contributed by atoms with van der Waals surface area (Å²) in [6.07, 6.45) is 0.127. The van der Waals surface area contributed by atoms with Crippen molar-refractivity contribution < 1.29 is 29.6 Å². The van der Waals surface area contributed by atoms with Gasteiger partial charge in [-0.15, -0.1) is 0 Å². The van der Waals surface area contributed by atoms with Crippen LogP contribution in [-0.2, 0) is 14.3 Å². The largest absolute Gasteiger partial charge is 0.478 e. The predicted octanol–water partition coefficient (Wildman–Crippen LogP) is 0.818. The molecule has 6 nitrogen and oxygen atoms in total. The summed E-state index contributed by atoms with van der Waals surface area (Å²) in [5, 5.41) is 25.8. The standard InChI is InChI=1S/C9H20O4.C4H6O2/c1-3-4-12-6-9(11)7-13-8(2)5-10;1-3(2)4(5)6/h8-11H,3-7H2,1-2H3;1H2,2H3,(H,5,6). The van der Waals surface area contributed by atoms with Crippen LogP contribution in [0.5, 0.6) is 0 Å². The summed E-state index contributed by atoms with van der Waals surface area (Å²) in [6.45, 7) is 9.51. The molecule has 2 unspecified atom stereocenters. The van der Waals surface area contributed by atoms with Gasteiger partial charge in [0.15, 0.2) is 0 Å². The molecule has 0 aromatic heterocycles. The molecule has 0 saturated heterocycles. The van der Waals surface area contributed by atoms with Crippen LogP contribution in [0, 0.1) is 0 Å². The summed E-state index contributed by atoms with van der Waals surface area (Å²) in [4.78, 5) is 9.60. The van der Waals surface area contributed by atoms with Crippen LogP contribution in [0.2, 0.25) is 0 Å². The molecular formula is C13H26O6. The van der Waals surface area contributed by atoms with Gasteiger partial charge in [0.2, 0.25) is 0 Å². The van der Waals surface area contributed by atoms with Crippen molar-refractivity contribution in [2.45, 2.75) is 39.4 Å². The maximum absolute atomic E-state index is 9.60. The third-order valence-electron chi connectivity index (χ3n) is 1.85. The van der Waals surface area contributed by atoms with Crippen molar-refractivity contribution in [2.75, 3.05) is 26.4 Å². The maximum atomic E-state index is 9.60. The van der Waals surface area contributed by atoms with E-state index in [1.165, 1.54) is 6.92 Å². The number of carboxylic acid groups (broad SMARTS) is 1. The minimum atomic E-state index is -0.935. The molecule has 0 heterocycles. The first-order valence-corrected chi connectivity index (χ1v) is 6.22. The fourth-order valence-electron chi connectivity index (χ4n) is 0.740. The molecule has 0 radical (unpaired) electrons. The predicted molar refractivity (Wildman–Crippen MR) is 72.1 cm³/mol. The molecule has 0 aliphatic carbocycles. The monoisotopic (exact) mass is 278 g/mol. The normalized spacial score (nSPS) is 13.1. The maximum Gasteiger partial charge on any atom is 0.330 e. The summed E-state index contributed by atoms with van der Waals surface area (Å²) in [7, 11) is 0. The van der Waals surface area contributed by atoms with Crippen LogP contribution in [0.1, 0.15) is 27.2 Å². The minimum Gasteiger partial charge on any atom is -0.478 e. The molecule has 6 heteroatoms. The second kappa shape index (κ2) is 13.5. The molecule has 0 spiro atoms. The summed E-state index contributed by atoms with van der Waals surface area (Å²) in [6, 6.07) is 0. The number of carbonyl (C=O) groups is 1. The Balaban J connectivity index is 0. The lowest BCUT2D eigenvalue weighted by Crippen LogP contribution is -2.26. The first kappa shape index (κ1) is 20.4. The first-order chi connectivity index (χ1) is 8.84. The molecule has 3 N–H and O–H groups in total. The molecule has 19 heavy (non-hydrogen) atoms. The van der Waals surface area contributed by atoms with Crippen LogP contribution < -0.4 is 0 Å². The molecule has 0 fully saturated rings. The molecule has 0 saturated carbocycles. The molecule has 0 aliphatic rings. The van der Waals surface area contributed by atoms with E-state index in [-0.39, 0.29) is 24.9 Å². The van der Waals surface area contributed by atoms with E-state index in [0.29, 0.717) is 13.2 Å². The van der Waals surface area contributed by atoms with Crippen molar-refractivity contribution in [1.82, 2.24) is 0 Å². The fourth-order valence-corrected chi connectivity index (χ4v) is 0.740. The van der Waals surface area contributed by atoms with Gasteiger partial charge in [0.1, 0.15) is 6.10 Å². The van der Waals surface area contributed by atoms with Crippen LogP contribution in [0.4, 0.5) is 0 Å². The van der Waals surface area contributed by atoms with E-state index in [4.69, 9.17) is 19.7 Å². The van der Waals surface area contributed by atoms with E-state index < -0.39 is 12.1 Å². The second-order valence-electron chi connectivity index (χ2n) is 4.14. The zero-order valence-corrected chi connectivity index (χ0v) is 12.0. The number of aliphatic hydroxyl groups excluding tert-OH is 2. The molecule has 0 bridgehead atoms. The van der Waals surface area contributed by atoms with Gasteiger partial charge < -0.3 is 24.8 Å². The van der Waals surface area contributed by atoms with Crippen molar-refractivity contribution in [2.24, 2.45) is 0 Å². The van der Waals surface area contributed by atoms with Crippen molar-refractivity contribution in [1.29, 1.82) is 0 Å². The van der Waals surface area contributed by atoms with E-state index in [1.807, 2.05) is 6.92 Å². The number of hydrogen-bond acceptors (Lipinski definition) is 5. The Labute approximate surface area is 114 Å². The Hall–Kier alpha value is -0.950. The molecule has 0 aliphatic heterocycles. The van der Waals surface area contributed by atoms with Crippen LogP contribution in [-0.4, -0.2) is 59.9 Å². The van der Waals surface area contributed by atoms with Gasteiger partial charge in [-0.05, 0) is 20.3 Å². The Kier molecular flexibility index (Phi) is 14.5. The van der Waals surface area contributed by atoms with E-state index in [2.05, 4.69) is 6.58 Å². The highest BCUT2D eigenvalue weighted by molar-refractivity contribution is 5.84. The van der Waals surface area contributed by atoms with E-state index in [1.54, 1.807) is 6.92 Å². The highest BCUT2D eigenvalue weighted by atomic mass is 16.5. The Bertz CT molecular complexity index is 229. The third kappa shape index (κ3) is 17.1. The molecular weight excluding hydrogens is 252 g/mol. The topological polar surface area (TPSA) is 96.2 Å². The first-order valence-electron chi connectivity index (χ1n) is 6.22. The molecule has 0 aromatic rings. The smallest absolute Gasteiger partial charge is 0.330 e. The molecule has 2 atom stereocenters. The number of rotatable bonds is 9. The number of carboxylic acids is 1. The van der Waals surface area contributed by atoms with E-state index in [0.717, 1.165) is 6.42 Å². The van der Waals surface area contributed by atoms with Gasteiger partial charge >= 0.3 is 5.97 Å². The summed E-state index contributed by atoms with van der Waals surface area (Å²) >= 11 is 0. The zero-order valence-electron chi connectivity index (χ0n) is 12.0. The van der Waals surface area contributed by atoms with Crippen molar-refractivity contribution in [3.05, 3.63) is 12.2 Å². The van der Waals surface area contributed by atoms with Crippen LogP contribution in [0.3, 0.4) is 0 Å². The zero-order chi connectivity index (χ0) is 15.3. The van der Waals surface area contributed by atoms with E-state index >= 15 is 0 Å². The van der Waals surface area contributed by atoms with Crippen LogP contribution >= 0.6 is 0 Å². The lowest BCUT2D eigenvalue weighted by molar-refractivity contribution is -0.132. The number of aliphatic hydroxyl groups is 2. The van der Waals surface area contributed by atoms with Gasteiger partial charge in [-0.25, -0.2) is 4.79 Å².